The molecular weight excluding hydrogens is 218 g/mol. The van der Waals surface area contributed by atoms with Gasteiger partial charge in [0.25, 0.3) is 0 Å². The molecule has 17 heavy (non-hydrogen) atoms. The fourth-order valence-corrected chi connectivity index (χ4v) is 1.73. The lowest BCUT2D eigenvalue weighted by molar-refractivity contribution is -0.135. The summed E-state index contributed by atoms with van der Waals surface area (Å²) >= 11 is 0. The summed E-state index contributed by atoms with van der Waals surface area (Å²) in [5.41, 5.74) is 5.55. The first-order valence-electron chi connectivity index (χ1n) is 6.12. The Hall–Kier alpha value is -1.26. The fraction of sp³-hybridized carbons (Fsp3) is 0.833. The fourth-order valence-electron chi connectivity index (χ4n) is 1.73. The molecule has 0 aliphatic rings. The molecule has 0 spiro atoms. The van der Waals surface area contributed by atoms with Gasteiger partial charge in [-0.25, -0.2) is 0 Å². The van der Waals surface area contributed by atoms with E-state index in [1.54, 1.807) is 4.90 Å². The third-order valence-electron chi connectivity index (χ3n) is 2.65. The normalized spacial score (nSPS) is 14.2. The number of oxime groups is 1. The van der Waals surface area contributed by atoms with E-state index < -0.39 is 5.92 Å². The molecule has 0 heterocycles. The summed E-state index contributed by atoms with van der Waals surface area (Å²) in [7, 11) is 0. The van der Waals surface area contributed by atoms with Crippen molar-refractivity contribution >= 4 is 11.7 Å². The highest BCUT2D eigenvalue weighted by Crippen LogP contribution is 2.13. The Kier molecular flexibility index (Phi) is 6.61. The maximum absolute atomic E-state index is 12.3. The van der Waals surface area contributed by atoms with E-state index in [2.05, 4.69) is 19.0 Å². The van der Waals surface area contributed by atoms with Crippen LogP contribution in [0.5, 0.6) is 0 Å². The third kappa shape index (κ3) is 4.63. The molecule has 1 amide bonds. The molecule has 0 aliphatic carbocycles. The molecule has 0 aromatic heterocycles. The van der Waals surface area contributed by atoms with Crippen molar-refractivity contribution in [1.82, 2.24) is 4.90 Å². The average molecular weight is 243 g/mol. The van der Waals surface area contributed by atoms with Crippen LogP contribution in [0.25, 0.3) is 0 Å². The number of nitrogens with zero attached hydrogens (tertiary/aromatic N) is 2. The summed E-state index contributed by atoms with van der Waals surface area (Å²) in [6.45, 7) is 10.6. The van der Waals surface area contributed by atoms with Crippen LogP contribution in [0.15, 0.2) is 5.16 Å². The molecular formula is C12H25N3O2. The van der Waals surface area contributed by atoms with E-state index >= 15 is 0 Å². The van der Waals surface area contributed by atoms with E-state index in [-0.39, 0.29) is 17.8 Å². The minimum Gasteiger partial charge on any atom is -0.409 e. The van der Waals surface area contributed by atoms with Crippen LogP contribution in [-0.4, -0.2) is 34.4 Å². The third-order valence-corrected chi connectivity index (χ3v) is 2.65. The molecule has 0 saturated carbocycles. The summed E-state index contributed by atoms with van der Waals surface area (Å²) in [5, 5.41) is 11.6. The van der Waals surface area contributed by atoms with Gasteiger partial charge in [0.1, 0.15) is 0 Å². The van der Waals surface area contributed by atoms with Gasteiger partial charge in [-0.2, -0.15) is 0 Å². The van der Waals surface area contributed by atoms with Crippen molar-refractivity contribution in [3.63, 3.8) is 0 Å². The molecule has 0 radical (unpaired) electrons. The van der Waals surface area contributed by atoms with Gasteiger partial charge >= 0.3 is 0 Å². The van der Waals surface area contributed by atoms with Crippen molar-refractivity contribution in [2.24, 2.45) is 22.7 Å². The molecule has 5 nitrogen and oxygen atoms in total. The van der Waals surface area contributed by atoms with Gasteiger partial charge < -0.3 is 15.8 Å². The van der Waals surface area contributed by atoms with Crippen LogP contribution in [0.2, 0.25) is 0 Å². The highest BCUT2D eigenvalue weighted by Gasteiger charge is 2.28. The van der Waals surface area contributed by atoms with Crippen molar-refractivity contribution in [2.45, 2.75) is 47.1 Å². The molecule has 1 unspecified atom stereocenters. The van der Waals surface area contributed by atoms with Crippen LogP contribution in [0.4, 0.5) is 0 Å². The summed E-state index contributed by atoms with van der Waals surface area (Å²) in [5.74, 6) is -0.203. The van der Waals surface area contributed by atoms with Crippen LogP contribution < -0.4 is 5.73 Å². The smallest absolute Gasteiger partial charge is 0.233 e. The van der Waals surface area contributed by atoms with Gasteiger partial charge in [-0.15, -0.1) is 0 Å². The topological polar surface area (TPSA) is 78.9 Å². The lowest BCUT2D eigenvalue weighted by Crippen LogP contribution is -2.46. The molecule has 3 N–H and O–H groups in total. The monoisotopic (exact) mass is 243 g/mol. The Bertz CT molecular complexity index is 275. The molecule has 100 valence electrons. The highest BCUT2D eigenvalue weighted by atomic mass is 16.4. The van der Waals surface area contributed by atoms with Crippen molar-refractivity contribution in [1.29, 1.82) is 0 Å². The maximum atomic E-state index is 12.3. The number of amidine groups is 1. The second kappa shape index (κ2) is 7.14. The minimum atomic E-state index is -0.527. The quantitative estimate of drug-likeness (QED) is 0.322. The second-order valence-electron chi connectivity index (χ2n) is 4.96. The number of hydrogen-bond donors (Lipinski definition) is 2. The van der Waals surface area contributed by atoms with Crippen molar-refractivity contribution in [3.8, 4) is 0 Å². The highest BCUT2D eigenvalue weighted by molar-refractivity contribution is 6.02. The Balaban J connectivity index is 4.92. The van der Waals surface area contributed by atoms with E-state index in [1.807, 2.05) is 20.8 Å². The van der Waals surface area contributed by atoms with Crippen molar-refractivity contribution in [2.75, 3.05) is 6.54 Å². The van der Waals surface area contributed by atoms with Gasteiger partial charge in [-0.05, 0) is 26.2 Å². The zero-order valence-corrected chi connectivity index (χ0v) is 11.5. The number of carbonyl (C=O) groups is 1. The van der Waals surface area contributed by atoms with Gasteiger partial charge in [0.15, 0.2) is 5.84 Å². The number of hydrogen-bond acceptors (Lipinski definition) is 3. The van der Waals surface area contributed by atoms with E-state index in [1.165, 1.54) is 0 Å². The first-order chi connectivity index (χ1) is 7.84. The number of amides is 1. The molecule has 5 heteroatoms. The predicted molar refractivity (Wildman–Crippen MR) is 68.9 cm³/mol. The summed E-state index contributed by atoms with van der Waals surface area (Å²) in [6, 6.07) is 0.116. The van der Waals surface area contributed by atoms with Crippen molar-refractivity contribution < 1.29 is 10.0 Å². The Labute approximate surface area is 104 Å². The Morgan fingerprint density at radius 2 is 1.88 bits per heavy atom. The standard InChI is InChI=1S/C12H25N3O2/c1-6-10(11(13)14-17)12(16)15(9(4)5)7-8(2)3/h8-10,17H,6-7H2,1-5H3,(H2,13,14). The Morgan fingerprint density at radius 3 is 2.18 bits per heavy atom. The van der Waals surface area contributed by atoms with Crippen LogP contribution in [-0.2, 0) is 4.79 Å². The molecule has 0 bridgehead atoms. The van der Waals surface area contributed by atoms with Crippen molar-refractivity contribution in [3.05, 3.63) is 0 Å². The van der Waals surface area contributed by atoms with E-state index in [0.717, 1.165) is 0 Å². The number of carbonyl (C=O) groups excluding carboxylic acids is 1. The number of nitrogens with two attached hydrogens (primary N) is 1. The largest absolute Gasteiger partial charge is 0.409 e. The molecule has 0 rings (SSSR count). The summed E-state index contributed by atoms with van der Waals surface area (Å²) in [4.78, 5) is 14.1. The van der Waals surface area contributed by atoms with Gasteiger partial charge in [0.05, 0.1) is 5.92 Å². The molecule has 0 aliphatic heterocycles. The van der Waals surface area contributed by atoms with E-state index in [0.29, 0.717) is 18.9 Å². The van der Waals surface area contributed by atoms with Crippen LogP contribution in [0.1, 0.15) is 41.0 Å². The molecule has 0 saturated heterocycles. The molecule has 0 fully saturated rings. The van der Waals surface area contributed by atoms with Gasteiger partial charge in [-0.3, -0.25) is 4.79 Å². The first-order valence-corrected chi connectivity index (χ1v) is 6.12. The molecule has 1 atom stereocenters. The Morgan fingerprint density at radius 1 is 1.35 bits per heavy atom. The average Bonchev–Trinajstić information content (AvgIpc) is 2.25. The zero-order valence-electron chi connectivity index (χ0n) is 11.5. The van der Waals surface area contributed by atoms with E-state index in [4.69, 9.17) is 10.9 Å². The zero-order chi connectivity index (χ0) is 13.6. The second-order valence-corrected chi connectivity index (χ2v) is 4.96. The van der Waals surface area contributed by atoms with Crippen LogP contribution in [0.3, 0.4) is 0 Å². The van der Waals surface area contributed by atoms with Crippen LogP contribution in [0, 0.1) is 11.8 Å². The summed E-state index contributed by atoms with van der Waals surface area (Å²) < 4.78 is 0. The minimum absolute atomic E-state index is 0.00749. The SMILES string of the molecule is CCC(C(=O)N(CC(C)C)C(C)C)C(N)=NO. The molecule has 0 aromatic carbocycles. The van der Waals surface area contributed by atoms with Gasteiger partial charge in [0.2, 0.25) is 5.91 Å². The van der Waals surface area contributed by atoms with Crippen LogP contribution >= 0.6 is 0 Å². The lowest BCUT2D eigenvalue weighted by atomic mass is 10.0. The first kappa shape index (κ1) is 15.7. The van der Waals surface area contributed by atoms with E-state index in [9.17, 15) is 4.79 Å². The lowest BCUT2D eigenvalue weighted by Gasteiger charge is -2.31. The van der Waals surface area contributed by atoms with Gasteiger partial charge in [-0.1, -0.05) is 25.9 Å². The molecule has 0 aromatic rings. The number of rotatable bonds is 6. The van der Waals surface area contributed by atoms with Gasteiger partial charge in [0, 0.05) is 12.6 Å². The maximum Gasteiger partial charge on any atom is 0.233 e. The summed E-state index contributed by atoms with van der Waals surface area (Å²) in [6.07, 6.45) is 0.538. The predicted octanol–water partition coefficient (Wildman–Crippen LogP) is 1.65.